The number of rotatable bonds is 8. The van der Waals surface area contributed by atoms with Gasteiger partial charge in [0, 0.05) is 5.56 Å². The Hall–Kier alpha value is -1.06. The minimum absolute atomic E-state index is 0.173. The molecule has 0 spiro atoms. The van der Waals surface area contributed by atoms with Crippen LogP contribution in [0.4, 0.5) is 0 Å². The van der Waals surface area contributed by atoms with Gasteiger partial charge in [0.1, 0.15) is 5.75 Å². The van der Waals surface area contributed by atoms with Gasteiger partial charge in [-0.1, -0.05) is 19.1 Å². The van der Waals surface area contributed by atoms with E-state index in [-0.39, 0.29) is 12.1 Å². The fourth-order valence-electron chi connectivity index (χ4n) is 2.22. The molecule has 0 aliphatic carbocycles. The van der Waals surface area contributed by atoms with Gasteiger partial charge in [0.2, 0.25) is 0 Å². The van der Waals surface area contributed by atoms with E-state index < -0.39 is 0 Å². The third-order valence-electron chi connectivity index (χ3n) is 3.52. The molecule has 3 heteroatoms. The highest BCUT2D eigenvalue weighted by atomic mass is 16.5. The number of methoxy groups -OCH3 is 1. The van der Waals surface area contributed by atoms with Crippen molar-refractivity contribution in [3.8, 4) is 5.75 Å². The second-order valence-electron chi connectivity index (χ2n) is 5.52. The van der Waals surface area contributed by atoms with Gasteiger partial charge >= 0.3 is 0 Å². The zero-order valence-corrected chi connectivity index (χ0v) is 13.7. The molecule has 0 amide bonds. The molecule has 1 aromatic carbocycles. The molecule has 0 radical (unpaired) electrons. The van der Waals surface area contributed by atoms with Gasteiger partial charge in [-0.15, -0.1) is 0 Å². The SMILES string of the molecule is CCCNC(COC(C)C)c1ccc(C)c(C)c1OC. The van der Waals surface area contributed by atoms with E-state index in [4.69, 9.17) is 9.47 Å². The monoisotopic (exact) mass is 279 g/mol. The molecule has 3 nitrogen and oxygen atoms in total. The van der Waals surface area contributed by atoms with Crippen LogP contribution in [0.3, 0.4) is 0 Å². The number of hydrogen-bond donors (Lipinski definition) is 1. The van der Waals surface area contributed by atoms with E-state index in [2.05, 4.69) is 52.1 Å². The molecule has 1 unspecified atom stereocenters. The molecule has 1 rings (SSSR count). The van der Waals surface area contributed by atoms with Gasteiger partial charge in [0.25, 0.3) is 0 Å². The lowest BCUT2D eigenvalue weighted by Crippen LogP contribution is -2.28. The number of benzene rings is 1. The Labute approximate surface area is 123 Å². The van der Waals surface area contributed by atoms with Gasteiger partial charge in [0.05, 0.1) is 25.9 Å². The predicted octanol–water partition coefficient (Wildman–Crippen LogP) is 3.78. The van der Waals surface area contributed by atoms with E-state index in [0.29, 0.717) is 6.61 Å². The van der Waals surface area contributed by atoms with Crippen LogP contribution >= 0.6 is 0 Å². The highest BCUT2D eigenvalue weighted by molar-refractivity contribution is 5.46. The van der Waals surface area contributed by atoms with Crippen molar-refractivity contribution < 1.29 is 9.47 Å². The van der Waals surface area contributed by atoms with Gasteiger partial charge in [-0.3, -0.25) is 0 Å². The van der Waals surface area contributed by atoms with Crippen molar-refractivity contribution in [3.05, 3.63) is 28.8 Å². The molecule has 0 aliphatic heterocycles. The summed E-state index contributed by atoms with van der Waals surface area (Å²) in [6.07, 6.45) is 1.34. The molecule has 0 fully saturated rings. The fraction of sp³-hybridized carbons (Fsp3) is 0.647. The minimum Gasteiger partial charge on any atom is -0.496 e. The molecule has 20 heavy (non-hydrogen) atoms. The molecule has 1 aromatic rings. The first-order chi connectivity index (χ1) is 9.51. The molecule has 1 N–H and O–H groups in total. The zero-order chi connectivity index (χ0) is 15.1. The van der Waals surface area contributed by atoms with Gasteiger partial charge in [-0.2, -0.15) is 0 Å². The second kappa shape index (κ2) is 8.28. The number of ether oxygens (including phenoxy) is 2. The van der Waals surface area contributed by atoms with Crippen LogP contribution in [0.5, 0.6) is 5.75 Å². The summed E-state index contributed by atoms with van der Waals surface area (Å²) >= 11 is 0. The van der Waals surface area contributed by atoms with Gasteiger partial charge < -0.3 is 14.8 Å². The topological polar surface area (TPSA) is 30.5 Å². The third-order valence-corrected chi connectivity index (χ3v) is 3.52. The van der Waals surface area contributed by atoms with E-state index in [9.17, 15) is 0 Å². The number of hydrogen-bond acceptors (Lipinski definition) is 3. The average Bonchev–Trinajstić information content (AvgIpc) is 2.42. The van der Waals surface area contributed by atoms with Crippen molar-refractivity contribution in [2.24, 2.45) is 0 Å². The Morgan fingerprint density at radius 3 is 2.45 bits per heavy atom. The van der Waals surface area contributed by atoms with E-state index in [1.165, 1.54) is 16.7 Å². The number of aryl methyl sites for hydroxylation is 1. The quantitative estimate of drug-likeness (QED) is 0.785. The highest BCUT2D eigenvalue weighted by Gasteiger charge is 2.18. The maximum atomic E-state index is 5.81. The van der Waals surface area contributed by atoms with Crippen LogP contribution in [-0.4, -0.2) is 26.4 Å². The summed E-state index contributed by atoms with van der Waals surface area (Å²) in [5.41, 5.74) is 3.65. The van der Waals surface area contributed by atoms with Crippen molar-refractivity contribution in [1.29, 1.82) is 0 Å². The summed E-state index contributed by atoms with van der Waals surface area (Å²) in [4.78, 5) is 0. The zero-order valence-electron chi connectivity index (χ0n) is 13.7. The van der Waals surface area contributed by atoms with Crippen molar-refractivity contribution in [2.75, 3.05) is 20.3 Å². The molecule has 114 valence electrons. The van der Waals surface area contributed by atoms with E-state index in [1.807, 2.05) is 0 Å². The van der Waals surface area contributed by atoms with E-state index in [0.717, 1.165) is 18.7 Å². The van der Waals surface area contributed by atoms with E-state index in [1.54, 1.807) is 7.11 Å². The van der Waals surface area contributed by atoms with Gasteiger partial charge in [-0.05, 0) is 51.8 Å². The molecule has 0 aromatic heterocycles. The van der Waals surface area contributed by atoms with Crippen LogP contribution < -0.4 is 10.1 Å². The normalized spacial score (nSPS) is 12.8. The van der Waals surface area contributed by atoms with Crippen LogP contribution in [-0.2, 0) is 4.74 Å². The maximum absolute atomic E-state index is 5.81. The molecule has 0 saturated carbocycles. The molecule has 0 saturated heterocycles. The van der Waals surface area contributed by atoms with Crippen LogP contribution in [0.25, 0.3) is 0 Å². The standard InChI is InChI=1S/C17H29NO2/c1-7-10-18-16(11-20-12(2)3)15-9-8-13(4)14(5)17(15)19-6/h8-9,12,16,18H,7,10-11H2,1-6H3. The largest absolute Gasteiger partial charge is 0.496 e. The van der Waals surface area contributed by atoms with Crippen molar-refractivity contribution in [3.63, 3.8) is 0 Å². The summed E-state index contributed by atoms with van der Waals surface area (Å²) in [6.45, 7) is 12.2. The summed E-state index contributed by atoms with van der Waals surface area (Å²) in [7, 11) is 1.74. The maximum Gasteiger partial charge on any atom is 0.126 e. The smallest absolute Gasteiger partial charge is 0.126 e. The lowest BCUT2D eigenvalue weighted by molar-refractivity contribution is 0.0606. The van der Waals surface area contributed by atoms with Crippen LogP contribution in [0.1, 0.15) is 49.9 Å². The first-order valence-corrected chi connectivity index (χ1v) is 7.50. The summed E-state index contributed by atoms with van der Waals surface area (Å²) in [5, 5.41) is 3.56. The minimum atomic E-state index is 0.173. The lowest BCUT2D eigenvalue weighted by atomic mass is 9.99. The number of nitrogens with one attached hydrogen (secondary N) is 1. The Balaban J connectivity index is 3.02. The van der Waals surface area contributed by atoms with Gasteiger partial charge in [-0.25, -0.2) is 0 Å². The van der Waals surface area contributed by atoms with Crippen molar-refractivity contribution in [2.45, 2.75) is 53.2 Å². The Morgan fingerprint density at radius 2 is 1.90 bits per heavy atom. The highest BCUT2D eigenvalue weighted by Crippen LogP contribution is 2.31. The molecular formula is C17H29NO2. The molecular weight excluding hydrogens is 250 g/mol. The molecule has 0 bridgehead atoms. The summed E-state index contributed by atoms with van der Waals surface area (Å²) in [5.74, 6) is 0.978. The molecule has 0 heterocycles. The lowest BCUT2D eigenvalue weighted by Gasteiger charge is -2.24. The van der Waals surface area contributed by atoms with E-state index >= 15 is 0 Å². The van der Waals surface area contributed by atoms with Crippen LogP contribution in [0.2, 0.25) is 0 Å². The average molecular weight is 279 g/mol. The molecule has 1 atom stereocenters. The predicted molar refractivity (Wildman–Crippen MR) is 84.6 cm³/mol. The van der Waals surface area contributed by atoms with Gasteiger partial charge in [0.15, 0.2) is 0 Å². The Kier molecular flexibility index (Phi) is 7.03. The van der Waals surface area contributed by atoms with Crippen molar-refractivity contribution in [1.82, 2.24) is 5.32 Å². The first-order valence-electron chi connectivity index (χ1n) is 7.50. The Morgan fingerprint density at radius 1 is 1.20 bits per heavy atom. The second-order valence-corrected chi connectivity index (χ2v) is 5.52. The fourth-order valence-corrected chi connectivity index (χ4v) is 2.22. The van der Waals surface area contributed by atoms with Crippen LogP contribution in [0.15, 0.2) is 12.1 Å². The Bertz CT molecular complexity index is 416. The third kappa shape index (κ3) is 4.50. The van der Waals surface area contributed by atoms with Crippen LogP contribution in [0, 0.1) is 13.8 Å². The van der Waals surface area contributed by atoms with Crippen molar-refractivity contribution >= 4 is 0 Å². The molecule has 0 aliphatic rings. The summed E-state index contributed by atoms with van der Waals surface area (Å²) < 4.78 is 11.4. The summed E-state index contributed by atoms with van der Waals surface area (Å²) in [6, 6.07) is 4.48. The first kappa shape index (κ1) is 17.0.